The van der Waals surface area contributed by atoms with E-state index in [1.54, 1.807) is 0 Å². The maximum Gasteiger partial charge on any atom is 0.0837 e. The number of hydrogen-bond donors (Lipinski definition) is 1. The van der Waals surface area contributed by atoms with Crippen molar-refractivity contribution < 1.29 is 9.47 Å². The third-order valence-electron chi connectivity index (χ3n) is 4.80. The Balaban J connectivity index is 2.06. The molecule has 3 unspecified atom stereocenters. The molecule has 3 atom stereocenters. The van der Waals surface area contributed by atoms with E-state index in [2.05, 4.69) is 13.8 Å². The summed E-state index contributed by atoms with van der Waals surface area (Å²) in [6.45, 7) is 6.96. The smallest absolute Gasteiger partial charge is 0.0837 e. The van der Waals surface area contributed by atoms with Gasteiger partial charge < -0.3 is 15.2 Å². The Morgan fingerprint density at radius 2 is 2.06 bits per heavy atom. The highest BCUT2D eigenvalue weighted by molar-refractivity contribution is 4.98. The Morgan fingerprint density at radius 1 is 1.33 bits per heavy atom. The predicted octanol–water partition coefficient (Wildman–Crippen LogP) is 2.73. The van der Waals surface area contributed by atoms with Gasteiger partial charge in [-0.1, -0.05) is 19.8 Å². The van der Waals surface area contributed by atoms with Crippen LogP contribution in [0.3, 0.4) is 0 Å². The standard InChI is InChI=1S/C15H29NO2/c1-3-18-15(8-4-5-12(2)11-15)14(16)13-6-9-17-10-7-13/h12-14H,3-11,16H2,1-2H3. The Hall–Kier alpha value is -0.120. The molecule has 1 heterocycles. The van der Waals surface area contributed by atoms with E-state index in [9.17, 15) is 0 Å². The van der Waals surface area contributed by atoms with Gasteiger partial charge >= 0.3 is 0 Å². The summed E-state index contributed by atoms with van der Waals surface area (Å²) in [5.41, 5.74) is 6.56. The van der Waals surface area contributed by atoms with Crippen molar-refractivity contribution in [1.82, 2.24) is 0 Å². The molecule has 2 aliphatic rings. The zero-order valence-electron chi connectivity index (χ0n) is 12.0. The maximum atomic E-state index is 6.63. The summed E-state index contributed by atoms with van der Waals surface area (Å²) < 4.78 is 11.6. The zero-order chi connectivity index (χ0) is 13.0. The van der Waals surface area contributed by atoms with Gasteiger partial charge in [0.15, 0.2) is 0 Å². The van der Waals surface area contributed by atoms with Crippen molar-refractivity contribution in [2.45, 2.75) is 64.0 Å². The lowest BCUT2D eigenvalue weighted by atomic mass is 9.70. The van der Waals surface area contributed by atoms with Gasteiger partial charge in [-0.15, -0.1) is 0 Å². The van der Waals surface area contributed by atoms with Crippen LogP contribution in [0.25, 0.3) is 0 Å². The molecule has 0 spiro atoms. The van der Waals surface area contributed by atoms with E-state index in [0.29, 0.717) is 5.92 Å². The fraction of sp³-hybridized carbons (Fsp3) is 1.00. The Labute approximate surface area is 111 Å². The SMILES string of the molecule is CCOC1(C(N)C2CCOCC2)CCCC(C)C1. The van der Waals surface area contributed by atoms with Crippen LogP contribution in [0.5, 0.6) is 0 Å². The van der Waals surface area contributed by atoms with E-state index in [1.165, 1.54) is 12.8 Å². The molecule has 0 bridgehead atoms. The van der Waals surface area contributed by atoms with Gasteiger partial charge in [-0.25, -0.2) is 0 Å². The van der Waals surface area contributed by atoms with Gasteiger partial charge in [0.2, 0.25) is 0 Å². The molecule has 0 aromatic carbocycles. The van der Waals surface area contributed by atoms with E-state index in [-0.39, 0.29) is 11.6 Å². The number of nitrogens with two attached hydrogens (primary N) is 1. The lowest BCUT2D eigenvalue weighted by Gasteiger charge is -2.47. The fourth-order valence-corrected chi connectivity index (χ4v) is 3.87. The Kier molecular flexibility index (Phi) is 5.05. The second-order valence-electron chi connectivity index (χ2n) is 6.17. The fourth-order valence-electron chi connectivity index (χ4n) is 3.87. The molecule has 0 radical (unpaired) electrons. The molecular weight excluding hydrogens is 226 g/mol. The molecule has 0 aromatic rings. The zero-order valence-corrected chi connectivity index (χ0v) is 12.0. The van der Waals surface area contributed by atoms with Crippen molar-refractivity contribution in [3.63, 3.8) is 0 Å². The lowest BCUT2D eigenvalue weighted by Crippen LogP contribution is -2.57. The van der Waals surface area contributed by atoms with Crippen molar-refractivity contribution in [1.29, 1.82) is 0 Å². The quantitative estimate of drug-likeness (QED) is 0.840. The van der Waals surface area contributed by atoms with Gasteiger partial charge in [0.05, 0.1) is 5.60 Å². The first kappa shape index (κ1) is 14.3. The summed E-state index contributed by atoms with van der Waals surface area (Å²) >= 11 is 0. The molecule has 2 N–H and O–H groups in total. The second-order valence-corrected chi connectivity index (χ2v) is 6.17. The molecule has 2 fully saturated rings. The minimum absolute atomic E-state index is 0.0611. The minimum atomic E-state index is -0.0611. The van der Waals surface area contributed by atoms with Crippen LogP contribution in [0.15, 0.2) is 0 Å². The van der Waals surface area contributed by atoms with Crippen LogP contribution in [0, 0.1) is 11.8 Å². The molecule has 1 aliphatic carbocycles. The summed E-state index contributed by atoms with van der Waals surface area (Å²) in [4.78, 5) is 0. The number of hydrogen-bond acceptors (Lipinski definition) is 3. The van der Waals surface area contributed by atoms with E-state index < -0.39 is 0 Å². The first-order valence-corrected chi connectivity index (χ1v) is 7.65. The Morgan fingerprint density at radius 3 is 2.67 bits per heavy atom. The highest BCUT2D eigenvalue weighted by Crippen LogP contribution is 2.40. The van der Waals surface area contributed by atoms with E-state index in [1.807, 2.05) is 0 Å². The molecule has 0 aromatic heterocycles. The van der Waals surface area contributed by atoms with Gasteiger partial charge in [0.1, 0.15) is 0 Å². The molecule has 3 heteroatoms. The first-order chi connectivity index (χ1) is 8.68. The largest absolute Gasteiger partial charge is 0.381 e. The summed E-state index contributed by atoms with van der Waals surface area (Å²) in [6, 6.07) is 0.184. The topological polar surface area (TPSA) is 44.5 Å². The monoisotopic (exact) mass is 255 g/mol. The molecule has 18 heavy (non-hydrogen) atoms. The van der Waals surface area contributed by atoms with Gasteiger partial charge in [-0.2, -0.15) is 0 Å². The average molecular weight is 255 g/mol. The van der Waals surface area contributed by atoms with Crippen LogP contribution in [0.2, 0.25) is 0 Å². The van der Waals surface area contributed by atoms with Crippen LogP contribution >= 0.6 is 0 Å². The molecule has 3 nitrogen and oxygen atoms in total. The van der Waals surface area contributed by atoms with Crippen molar-refractivity contribution in [3.05, 3.63) is 0 Å². The lowest BCUT2D eigenvalue weighted by molar-refractivity contribution is -0.111. The van der Waals surface area contributed by atoms with Gasteiger partial charge in [-0.05, 0) is 44.4 Å². The minimum Gasteiger partial charge on any atom is -0.381 e. The Bertz CT molecular complexity index is 249. The van der Waals surface area contributed by atoms with Crippen LogP contribution < -0.4 is 5.73 Å². The molecule has 1 aliphatic heterocycles. The highest BCUT2D eigenvalue weighted by Gasteiger charge is 2.44. The van der Waals surface area contributed by atoms with Crippen molar-refractivity contribution >= 4 is 0 Å². The third kappa shape index (κ3) is 3.06. The predicted molar refractivity (Wildman–Crippen MR) is 73.5 cm³/mol. The van der Waals surface area contributed by atoms with E-state index in [0.717, 1.165) is 51.4 Å². The van der Waals surface area contributed by atoms with Gasteiger partial charge in [-0.3, -0.25) is 0 Å². The van der Waals surface area contributed by atoms with Gasteiger partial charge in [0, 0.05) is 25.9 Å². The van der Waals surface area contributed by atoms with Gasteiger partial charge in [0.25, 0.3) is 0 Å². The van der Waals surface area contributed by atoms with Crippen LogP contribution in [0.4, 0.5) is 0 Å². The van der Waals surface area contributed by atoms with Crippen molar-refractivity contribution in [2.24, 2.45) is 17.6 Å². The van der Waals surface area contributed by atoms with E-state index >= 15 is 0 Å². The average Bonchev–Trinajstić information content (AvgIpc) is 2.39. The van der Waals surface area contributed by atoms with Crippen LogP contribution in [-0.2, 0) is 9.47 Å². The molecule has 2 rings (SSSR count). The summed E-state index contributed by atoms with van der Waals surface area (Å²) in [5.74, 6) is 1.33. The van der Waals surface area contributed by atoms with Crippen LogP contribution in [0.1, 0.15) is 52.4 Å². The number of ether oxygens (including phenoxy) is 2. The molecule has 106 valence electrons. The number of rotatable bonds is 4. The van der Waals surface area contributed by atoms with Crippen molar-refractivity contribution in [2.75, 3.05) is 19.8 Å². The summed E-state index contributed by atoms with van der Waals surface area (Å²) in [5, 5.41) is 0. The normalized spacial score (nSPS) is 36.5. The van der Waals surface area contributed by atoms with Crippen LogP contribution in [-0.4, -0.2) is 31.5 Å². The summed E-state index contributed by atoms with van der Waals surface area (Å²) in [6.07, 6.45) is 7.07. The van der Waals surface area contributed by atoms with E-state index in [4.69, 9.17) is 15.2 Å². The first-order valence-electron chi connectivity index (χ1n) is 7.65. The maximum absolute atomic E-state index is 6.63. The molecular formula is C15H29NO2. The molecule has 0 amide bonds. The third-order valence-corrected chi connectivity index (χ3v) is 4.80. The highest BCUT2D eigenvalue weighted by atomic mass is 16.5. The van der Waals surface area contributed by atoms with Crippen molar-refractivity contribution in [3.8, 4) is 0 Å². The summed E-state index contributed by atoms with van der Waals surface area (Å²) in [7, 11) is 0. The second kappa shape index (κ2) is 6.36. The molecule has 1 saturated carbocycles. The molecule has 1 saturated heterocycles.